The van der Waals surface area contributed by atoms with Crippen molar-refractivity contribution >= 4 is 46.1 Å². The third-order valence-electron chi connectivity index (χ3n) is 7.60. The summed E-state index contributed by atoms with van der Waals surface area (Å²) >= 11 is 10.6. The maximum atomic E-state index is 13.3. The van der Waals surface area contributed by atoms with Gasteiger partial charge >= 0.3 is 0 Å². The van der Waals surface area contributed by atoms with Crippen LogP contribution in [0, 0.1) is 5.92 Å². The highest BCUT2D eigenvalue weighted by atomic mass is 35.5. The van der Waals surface area contributed by atoms with E-state index in [1.165, 1.54) is 6.07 Å². The number of aliphatic hydroxyl groups excluding tert-OH is 1. The largest absolute Gasteiger partial charge is 0.390 e. The van der Waals surface area contributed by atoms with Gasteiger partial charge in [-0.05, 0) is 35.6 Å². The van der Waals surface area contributed by atoms with E-state index < -0.39 is 15.9 Å². The quantitative estimate of drug-likeness (QED) is 0.121. The lowest BCUT2D eigenvalue weighted by Crippen LogP contribution is -2.37. The second-order valence-electron chi connectivity index (χ2n) is 10.9. The second-order valence-corrected chi connectivity index (χ2v) is 13.3. The van der Waals surface area contributed by atoms with Gasteiger partial charge in [0.25, 0.3) is 10.0 Å². The fourth-order valence-corrected chi connectivity index (χ4v) is 6.92. The summed E-state index contributed by atoms with van der Waals surface area (Å²) in [5, 5.41) is 12.9. The molecule has 9 nitrogen and oxygen atoms in total. The van der Waals surface area contributed by atoms with Crippen molar-refractivity contribution in [1.29, 1.82) is 0 Å². The number of carbonyl (C=O) groups excluding carboxylic acids is 2. The molecule has 244 valence electrons. The van der Waals surface area contributed by atoms with Crippen molar-refractivity contribution in [3.63, 3.8) is 0 Å². The monoisotopic (exact) mass is 682 g/mol. The fourth-order valence-electron chi connectivity index (χ4n) is 5.12. The van der Waals surface area contributed by atoms with Crippen molar-refractivity contribution < 1.29 is 23.1 Å². The van der Waals surface area contributed by atoms with Crippen LogP contribution in [0.15, 0.2) is 83.8 Å². The standard InChI is InChI=1S/C34H39ClN4O5S2/c1-2-3-13-31-37-33(35)29(22-40)39(31)21-25-14-16-26(17-15-25)28-11-7-8-12-30(28)46(43,44)38-32(41)18-19-36-34(42)27(23-45)20-24-9-5-4-6-10-24/h4-12,14-17,27,40,45H,2-3,13,18-23H2,1H3,(H,36,42)(H,38,41). The van der Waals surface area contributed by atoms with Gasteiger partial charge in [0.15, 0.2) is 5.15 Å². The molecule has 1 heterocycles. The normalized spacial score (nSPS) is 12.1. The highest BCUT2D eigenvalue weighted by molar-refractivity contribution is 7.90. The molecule has 0 saturated carbocycles. The number of hydrogen-bond acceptors (Lipinski definition) is 7. The molecule has 0 aliphatic carbocycles. The molecule has 4 aromatic rings. The summed E-state index contributed by atoms with van der Waals surface area (Å²) in [6.07, 6.45) is 2.98. The number of aromatic nitrogens is 2. The Balaban J connectivity index is 1.40. The van der Waals surface area contributed by atoms with Gasteiger partial charge in [-0.3, -0.25) is 9.59 Å². The van der Waals surface area contributed by atoms with Crippen LogP contribution < -0.4 is 10.0 Å². The first-order chi connectivity index (χ1) is 22.2. The first kappa shape index (κ1) is 35.2. The Hall–Kier alpha value is -3.64. The average Bonchev–Trinajstić information content (AvgIpc) is 3.36. The van der Waals surface area contributed by atoms with Crippen molar-refractivity contribution in [3.8, 4) is 11.1 Å². The van der Waals surface area contributed by atoms with Crippen molar-refractivity contribution in [2.45, 2.75) is 57.1 Å². The number of aryl methyl sites for hydroxylation is 1. The van der Waals surface area contributed by atoms with Gasteiger partial charge in [0, 0.05) is 37.2 Å². The first-order valence-electron chi connectivity index (χ1n) is 15.2. The molecule has 0 radical (unpaired) electrons. The van der Waals surface area contributed by atoms with Crippen LogP contribution in [-0.4, -0.2) is 47.2 Å². The minimum absolute atomic E-state index is 0.0113. The number of unbranched alkanes of at least 4 members (excludes halogenated alkanes) is 1. The van der Waals surface area contributed by atoms with E-state index in [0.29, 0.717) is 40.7 Å². The SMILES string of the molecule is CCCCc1nc(Cl)c(CO)n1Cc1ccc(-c2ccccc2S(=O)(=O)NC(=O)CCNC(=O)C(CS)Cc2ccccc2)cc1. The molecule has 0 saturated heterocycles. The maximum Gasteiger partial charge on any atom is 0.264 e. The van der Waals surface area contributed by atoms with Crippen LogP contribution in [-0.2, 0) is 45.6 Å². The average molecular weight is 683 g/mol. The van der Waals surface area contributed by atoms with E-state index in [9.17, 15) is 23.1 Å². The first-order valence-corrected chi connectivity index (χ1v) is 17.7. The van der Waals surface area contributed by atoms with Crippen molar-refractivity contribution in [2.24, 2.45) is 5.92 Å². The molecule has 12 heteroatoms. The molecule has 1 aromatic heterocycles. The van der Waals surface area contributed by atoms with Crippen LogP contribution in [0.2, 0.25) is 5.15 Å². The Kier molecular flexibility index (Phi) is 12.8. The van der Waals surface area contributed by atoms with Gasteiger partial charge in [-0.15, -0.1) is 0 Å². The highest BCUT2D eigenvalue weighted by Gasteiger charge is 2.23. The van der Waals surface area contributed by atoms with Gasteiger partial charge in [-0.25, -0.2) is 18.1 Å². The molecule has 0 aliphatic heterocycles. The minimum Gasteiger partial charge on any atom is -0.390 e. The van der Waals surface area contributed by atoms with E-state index in [1.807, 2.05) is 59.2 Å². The number of imidazole rings is 1. The number of hydrogen-bond donors (Lipinski definition) is 4. The molecule has 3 N–H and O–H groups in total. The van der Waals surface area contributed by atoms with Crippen LogP contribution >= 0.6 is 24.2 Å². The van der Waals surface area contributed by atoms with E-state index in [0.717, 1.165) is 36.2 Å². The van der Waals surface area contributed by atoms with E-state index in [4.69, 9.17) is 11.6 Å². The number of thiol groups is 1. The summed E-state index contributed by atoms with van der Waals surface area (Å²) in [5.74, 6) is -0.216. The number of sulfonamides is 1. The van der Waals surface area contributed by atoms with Gasteiger partial charge in [0.1, 0.15) is 5.82 Å². The molecular formula is C34H39ClN4O5S2. The van der Waals surface area contributed by atoms with Crippen LogP contribution in [0.1, 0.15) is 48.8 Å². The Bertz CT molecular complexity index is 1730. The number of benzene rings is 3. The van der Waals surface area contributed by atoms with Crippen molar-refractivity contribution in [3.05, 3.63) is 107 Å². The second kappa shape index (κ2) is 16.8. The van der Waals surface area contributed by atoms with Gasteiger partial charge < -0.3 is 15.0 Å². The van der Waals surface area contributed by atoms with Gasteiger partial charge in [-0.2, -0.15) is 12.6 Å². The third-order valence-corrected chi connectivity index (χ3v) is 9.78. The van der Waals surface area contributed by atoms with Gasteiger partial charge in [0.05, 0.1) is 23.1 Å². The summed E-state index contributed by atoms with van der Waals surface area (Å²) in [4.78, 5) is 29.7. The number of amides is 2. The molecule has 0 aliphatic rings. The van der Waals surface area contributed by atoms with E-state index in [2.05, 4.69) is 34.6 Å². The molecule has 46 heavy (non-hydrogen) atoms. The lowest BCUT2D eigenvalue weighted by Gasteiger charge is -2.15. The number of carbonyl (C=O) groups is 2. The summed E-state index contributed by atoms with van der Waals surface area (Å²) < 4.78 is 30.7. The number of aliphatic hydroxyl groups is 1. The zero-order chi connectivity index (χ0) is 33.1. The Labute approximate surface area is 280 Å². The van der Waals surface area contributed by atoms with Gasteiger partial charge in [-0.1, -0.05) is 97.7 Å². The summed E-state index contributed by atoms with van der Waals surface area (Å²) in [6.45, 7) is 2.30. The number of halogens is 1. The van der Waals surface area contributed by atoms with E-state index in [-0.39, 0.29) is 36.3 Å². The molecular weight excluding hydrogens is 644 g/mol. The van der Waals surface area contributed by atoms with Crippen LogP contribution in [0.4, 0.5) is 0 Å². The smallest absolute Gasteiger partial charge is 0.264 e. The summed E-state index contributed by atoms with van der Waals surface area (Å²) in [7, 11) is -4.21. The maximum absolute atomic E-state index is 13.3. The number of rotatable bonds is 16. The van der Waals surface area contributed by atoms with Gasteiger partial charge in [0.2, 0.25) is 11.8 Å². The topological polar surface area (TPSA) is 130 Å². The molecule has 0 bridgehead atoms. The summed E-state index contributed by atoms with van der Waals surface area (Å²) in [5.41, 5.74) is 3.56. The lowest BCUT2D eigenvalue weighted by atomic mass is 10.0. The Morgan fingerprint density at radius 1 is 1.00 bits per heavy atom. The minimum atomic E-state index is -4.21. The zero-order valence-corrected chi connectivity index (χ0v) is 28.1. The third kappa shape index (κ3) is 9.22. The van der Waals surface area contributed by atoms with Crippen molar-refractivity contribution in [1.82, 2.24) is 19.6 Å². The van der Waals surface area contributed by atoms with E-state index >= 15 is 0 Å². The Morgan fingerprint density at radius 3 is 2.37 bits per heavy atom. The van der Waals surface area contributed by atoms with E-state index in [1.54, 1.807) is 18.2 Å². The highest BCUT2D eigenvalue weighted by Crippen LogP contribution is 2.28. The fraction of sp³-hybridized carbons (Fsp3) is 0.324. The van der Waals surface area contributed by atoms with Crippen LogP contribution in [0.3, 0.4) is 0 Å². The molecule has 0 fully saturated rings. The van der Waals surface area contributed by atoms with Crippen LogP contribution in [0.5, 0.6) is 0 Å². The predicted molar refractivity (Wildman–Crippen MR) is 183 cm³/mol. The molecule has 2 amide bonds. The predicted octanol–water partition coefficient (Wildman–Crippen LogP) is 5.19. The lowest BCUT2D eigenvalue weighted by molar-refractivity contribution is -0.124. The number of nitrogens with zero attached hydrogens (tertiary/aromatic N) is 2. The zero-order valence-electron chi connectivity index (χ0n) is 25.7. The summed E-state index contributed by atoms with van der Waals surface area (Å²) in [6, 6.07) is 23.4. The molecule has 3 aromatic carbocycles. The molecule has 1 unspecified atom stereocenters. The molecule has 4 rings (SSSR count). The molecule has 0 spiro atoms. The Morgan fingerprint density at radius 2 is 1.70 bits per heavy atom. The van der Waals surface area contributed by atoms with Crippen LogP contribution in [0.25, 0.3) is 11.1 Å². The number of nitrogens with one attached hydrogen (secondary N) is 2. The van der Waals surface area contributed by atoms with Crippen molar-refractivity contribution in [2.75, 3.05) is 12.3 Å². The molecule has 1 atom stereocenters.